The first-order valence-corrected chi connectivity index (χ1v) is 7.60. The number of carboxylic acids is 1. The second-order valence-electron chi connectivity index (χ2n) is 5.11. The van der Waals surface area contributed by atoms with Gasteiger partial charge in [-0.25, -0.2) is 4.79 Å². The Morgan fingerprint density at radius 2 is 1.80 bits per heavy atom. The molecule has 20 heavy (non-hydrogen) atoms. The van der Waals surface area contributed by atoms with Crippen molar-refractivity contribution in [1.29, 1.82) is 0 Å². The van der Waals surface area contributed by atoms with Gasteiger partial charge in [0.15, 0.2) is 0 Å². The van der Waals surface area contributed by atoms with Crippen LogP contribution in [-0.4, -0.2) is 32.5 Å². The molecule has 0 saturated heterocycles. The quantitative estimate of drug-likeness (QED) is 0.838. The number of carbonyl (C=O) groups is 2. The molecule has 6 heteroatoms. The lowest BCUT2D eigenvalue weighted by Crippen LogP contribution is -2.44. The number of hydrogen-bond donors (Lipinski definition) is 2. The van der Waals surface area contributed by atoms with Crippen molar-refractivity contribution in [2.75, 3.05) is 5.75 Å². The monoisotopic (exact) mass is 297 g/mol. The van der Waals surface area contributed by atoms with E-state index in [0.29, 0.717) is 4.90 Å². The fourth-order valence-electron chi connectivity index (χ4n) is 1.45. The Hall–Kier alpha value is -1.69. The molecule has 1 rings (SSSR count). The molecule has 0 aliphatic rings. The molecule has 2 N–H and O–H groups in total. The lowest BCUT2D eigenvalue weighted by molar-refractivity contribution is -0.120. The molecule has 0 spiro atoms. The topological polar surface area (TPSA) is 83.5 Å². The van der Waals surface area contributed by atoms with E-state index in [1.807, 2.05) is 20.8 Å². The molecule has 0 heterocycles. The summed E-state index contributed by atoms with van der Waals surface area (Å²) < 4.78 is 12.0. The van der Waals surface area contributed by atoms with Crippen LogP contribution in [0.25, 0.3) is 0 Å². The Kier molecular flexibility index (Phi) is 5.44. The van der Waals surface area contributed by atoms with Gasteiger partial charge in [-0.2, -0.15) is 0 Å². The Balaban J connectivity index is 2.67. The van der Waals surface area contributed by atoms with Gasteiger partial charge in [0.2, 0.25) is 5.91 Å². The predicted octanol–water partition coefficient (Wildman–Crippen LogP) is 1.80. The molecule has 0 aliphatic heterocycles. The van der Waals surface area contributed by atoms with Gasteiger partial charge in [0.1, 0.15) is 5.75 Å². The van der Waals surface area contributed by atoms with Crippen LogP contribution < -0.4 is 5.32 Å². The molecule has 1 aromatic carbocycles. The summed E-state index contributed by atoms with van der Waals surface area (Å²) in [7, 11) is -1.48. The average Bonchev–Trinajstić information content (AvgIpc) is 2.38. The molecule has 0 fully saturated rings. The fourth-order valence-corrected chi connectivity index (χ4v) is 2.37. The van der Waals surface area contributed by atoms with Crippen LogP contribution in [0.1, 0.15) is 37.6 Å². The third-order valence-electron chi connectivity index (χ3n) is 2.99. The van der Waals surface area contributed by atoms with Gasteiger partial charge in [0, 0.05) is 10.4 Å². The Labute approximate surface area is 120 Å². The highest BCUT2D eigenvalue weighted by Crippen LogP contribution is 2.11. The van der Waals surface area contributed by atoms with Gasteiger partial charge in [-0.05, 0) is 44.5 Å². The van der Waals surface area contributed by atoms with Crippen molar-refractivity contribution in [2.45, 2.75) is 37.6 Å². The molecule has 0 bridgehead atoms. The number of benzene rings is 1. The minimum atomic E-state index is -1.48. The first-order valence-electron chi connectivity index (χ1n) is 6.28. The minimum absolute atomic E-state index is 0.127. The van der Waals surface area contributed by atoms with E-state index in [-0.39, 0.29) is 22.8 Å². The van der Waals surface area contributed by atoms with Crippen molar-refractivity contribution in [3.63, 3.8) is 0 Å². The zero-order valence-electron chi connectivity index (χ0n) is 11.8. The maximum absolute atomic E-state index is 12.0. The first kappa shape index (κ1) is 16.4. The number of amides is 1. The first-order chi connectivity index (χ1) is 9.25. The van der Waals surface area contributed by atoms with E-state index in [9.17, 15) is 13.8 Å². The summed E-state index contributed by atoms with van der Waals surface area (Å²) in [5.74, 6) is -1.45. The van der Waals surface area contributed by atoms with Crippen molar-refractivity contribution in [3.8, 4) is 0 Å². The maximum atomic E-state index is 12.0. The van der Waals surface area contributed by atoms with Gasteiger partial charge in [0.05, 0.1) is 16.4 Å². The van der Waals surface area contributed by atoms with Crippen LogP contribution >= 0.6 is 0 Å². The number of nitrogens with one attached hydrogen (secondary N) is 1. The van der Waals surface area contributed by atoms with Gasteiger partial charge < -0.3 is 10.4 Å². The number of aromatic carboxylic acids is 1. The zero-order valence-corrected chi connectivity index (χ0v) is 12.6. The summed E-state index contributed by atoms with van der Waals surface area (Å²) in [5, 5.41) is 11.6. The van der Waals surface area contributed by atoms with Gasteiger partial charge in [-0.3, -0.25) is 9.00 Å². The van der Waals surface area contributed by atoms with Gasteiger partial charge >= 0.3 is 5.97 Å². The lowest BCUT2D eigenvalue weighted by atomic mass is 10.0. The number of carboxylic acid groups (broad SMARTS) is 1. The Morgan fingerprint density at radius 1 is 1.25 bits per heavy atom. The van der Waals surface area contributed by atoms with Crippen molar-refractivity contribution in [1.82, 2.24) is 5.32 Å². The molecule has 0 aliphatic carbocycles. The van der Waals surface area contributed by atoms with E-state index in [2.05, 4.69) is 5.32 Å². The molecule has 0 aromatic heterocycles. The smallest absolute Gasteiger partial charge is 0.335 e. The summed E-state index contributed by atoms with van der Waals surface area (Å²) in [4.78, 5) is 22.9. The second-order valence-corrected chi connectivity index (χ2v) is 6.56. The third-order valence-corrected chi connectivity index (χ3v) is 4.31. The Morgan fingerprint density at radius 3 is 2.25 bits per heavy atom. The SMILES string of the molecule is CCC(C)(C)NC(=O)CS(=O)c1ccc(C(=O)O)cc1. The molecule has 0 radical (unpaired) electrons. The van der Waals surface area contributed by atoms with Crippen molar-refractivity contribution in [2.24, 2.45) is 0 Å². The summed E-state index contributed by atoms with van der Waals surface area (Å²) >= 11 is 0. The maximum Gasteiger partial charge on any atom is 0.335 e. The van der Waals surface area contributed by atoms with Crippen LogP contribution in [0.15, 0.2) is 29.2 Å². The van der Waals surface area contributed by atoms with E-state index in [4.69, 9.17) is 5.11 Å². The van der Waals surface area contributed by atoms with Crippen LogP contribution in [0.3, 0.4) is 0 Å². The molecule has 1 aromatic rings. The highest BCUT2D eigenvalue weighted by atomic mass is 32.2. The summed E-state index contributed by atoms with van der Waals surface area (Å²) in [6.07, 6.45) is 0.776. The molecule has 5 nitrogen and oxygen atoms in total. The van der Waals surface area contributed by atoms with E-state index in [1.54, 1.807) is 0 Å². The highest BCUT2D eigenvalue weighted by molar-refractivity contribution is 7.85. The van der Waals surface area contributed by atoms with Gasteiger partial charge in [-0.15, -0.1) is 0 Å². The van der Waals surface area contributed by atoms with Crippen LogP contribution in [0.5, 0.6) is 0 Å². The number of rotatable bonds is 6. The third kappa shape index (κ3) is 4.77. The number of carbonyl (C=O) groups excluding carboxylic acids is 1. The highest BCUT2D eigenvalue weighted by Gasteiger charge is 2.19. The summed E-state index contributed by atoms with van der Waals surface area (Å²) in [5.41, 5.74) is -0.198. The molecule has 110 valence electrons. The van der Waals surface area contributed by atoms with Crippen molar-refractivity contribution in [3.05, 3.63) is 29.8 Å². The van der Waals surface area contributed by atoms with Crippen LogP contribution in [0, 0.1) is 0 Å². The van der Waals surface area contributed by atoms with E-state index >= 15 is 0 Å². The van der Waals surface area contributed by atoms with Crippen molar-refractivity contribution >= 4 is 22.7 Å². The molecule has 1 amide bonds. The van der Waals surface area contributed by atoms with E-state index in [0.717, 1.165) is 6.42 Å². The predicted molar refractivity (Wildman–Crippen MR) is 77.2 cm³/mol. The Bertz CT molecular complexity index is 522. The van der Waals surface area contributed by atoms with E-state index in [1.165, 1.54) is 24.3 Å². The molecule has 1 unspecified atom stereocenters. The minimum Gasteiger partial charge on any atom is -0.478 e. The van der Waals surface area contributed by atoms with E-state index < -0.39 is 16.8 Å². The lowest BCUT2D eigenvalue weighted by Gasteiger charge is -2.24. The average molecular weight is 297 g/mol. The van der Waals surface area contributed by atoms with Crippen LogP contribution in [0.2, 0.25) is 0 Å². The fraction of sp³-hybridized carbons (Fsp3) is 0.429. The summed E-state index contributed by atoms with van der Waals surface area (Å²) in [6, 6.07) is 5.70. The molecular formula is C14H19NO4S. The molecule has 0 saturated carbocycles. The van der Waals surface area contributed by atoms with Crippen molar-refractivity contribution < 1.29 is 18.9 Å². The molecule has 1 atom stereocenters. The summed E-state index contributed by atoms with van der Waals surface area (Å²) in [6.45, 7) is 5.76. The van der Waals surface area contributed by atoms with Crippen LogP contribution in [0.4, 0.5) is 0 Å². The zero-order chi connectivity index (χ0) is 15.3. The largest absolute Gasteiger partial charge is 0.478 e. The van der Waals surface area contributed by atoms with Gasteiger partial charge in [-0.1, -0.05) is 6.92 Å². The second kappa shape index (κ2) is 6.65. The molecular weight excluding hydrogens is 278 g/mol. The van der Waals surface area contributed by atoms with Gasteiger partial charge in [0.25, 0.3) is 0 Å². The normalized spacial score (nSPS) is 12.8. The standard InChI is InChI=1S/C14H19NO4S/c1-4-14(2,3)15-12(16)9-20(19)11-7-5-10(6-8-11)13(17)18/h5-8H,4,9H2,1-3H3,(H,15,16)(H,17,18). The number of hydrogen-bond acceptors (Lipinski definition) is 3. The van der Waals surface area contributed by atoms with Crippen LogP contribution in [-0.2, 0) is 15.6 Å².